The van der Waals surface area contributed by atoms with Gasteiger partial charge in [0.2, 0.25) is 6.10 Å². The maximum atomic E-state index is 10.3. The average Bonchev–Trinajstić information content (AvgIpc) is 1.85. The second kappa shape index (κ2) is 3.58. The van der Waals surface area contributed by atoms with E-state index in [1.807, 2.05) is 0 Å². The van der Waals surface area contributed by atoms with Crippen LogP contribution >= 0.6 is 0 Å². The number of aliphatic hydroxyl groups excluding tert-OH is 1. The van der Waals surface area contributed by atoms with Crippen molar-refractivity contribution in [3.8, 4) is 6.07 Å². The smallest absolute Gasteiger partial charge is 0.356 e. The van der Waals surface area contributed by atoms with E-state index in [-0.39, 0.29) is 5.90 Å². The van der Waals surface area contributed by atoms with Gasteiger partial charge in [0.25, 0.3) is 0 Å². The molecule has 0 radical (unpaired) electrons. The Balaban J connectivity index is 3.88. The van der Waals surface area contributed by atoms with Crippen LogP contribution in [0.2, 0.25) is 0 Å². The summed E-state index contributed by atoms with van der Waals surface area (Å²) in [4.78, 5) is 10.3. The lowest BCUT2D eigenvalue weighted by Crippen LogP contribution is -2.22. The van der Waals surface area contributed by atoms with Gasteiger partial charge in [0.1, 0.15) is 6.07 Å². The number of hydrogen-bond donors (Lipinski definition) is 2. The molecule has 0 aliphatic carbocycles. The van der Waals surface area contributed by atoms with Crippen LogP contribution in [0.3, 0.4) is 0 Å². The van der Waals surface area contributed by atoms with Gasteiger partial charge in [-0.05, 0) is 0 Å². The molecule has 0 bridgehead atoms. The van der Waals surface area contributed by atoms with Crippen LogP contribution < -0.4 is 0 Å². The Bertz CT molecular complexity index is 194. The summed E-state index contributed by atoms with van der Waals surface area (Å²) in [5.41, 5.74) is 0. The number of carbonyl (C=O) groups is 1. The second-order valence-corrected chi connectivity index (χ2v) is 1.51. The van der Waals surface area contributed by atoms with Crippen molar-refractivity contribution in [2.24, 2.45) is 0 Å². The van der Waals surface area contributed by atoms with E-state index in [9.17, 15) is 4.79 Å². The first kappa shape index (κ1) is 8.59. The zero-order valence-corrected chi connectivity index (χ0v) is 5.29. The third kappa shape index (κ3) is 2.79. The Kier molecular flexibility index (Phi) is 3.08. The third-order valence-corrected chi connectivity index (χ3v) is 0.599. The monoisotopic (exact) mass is 142 g/mol. The van der Waals surface area contributed by atoms with Gasteiger partial charge >= 0.3 is 5.97 Å². The SMILES string of the molecule is CC(=N)OC(=O)C(O)C#N. The highest BCUT2D eigenvalue weighted by Crippen LogP contribution is 1.86. The number of rotatable bonds is 1. The second-order valence-electron chi connectivity index (χ2n) is 1.51. The molecule has 0 spiro atoms. The molecule has 5 nitrogen and oxygen atoms in total. The summed E-state index contributed by atoms with van der Waals surface area (Å²) in [7, 11) is 0. The fraction of sp³-hybridized carbons (Fsp3) is 0.400. The molecule has 1 atom stereocenters. The molecule has 0 fully saturated rings. The number of ether oxygens (including phenoxy) is 1. The highest BCUT2D eigenvalue weighted by atomic mass is 16.6. The zero-order chi connectivity index (χ0) is 8.15. The van der Waals surface area contributed by atoms with Gasteiger partial charge in [0, 0.05) is 6.92 Å². The van der Waals surface area contributed by atoms with Crippen LogP contribution in [0.15, 0.2) is 0 Å². The average molecular weight is 142 g/mol. The quantitative estimate of drug-likeness (QED) is 0.221. The summed E-state index contributed by atoms with van der Waals surface area (Å²) in [5.74, 6) is -1.46. The Morgan fingerprint density at radius 1 is 1.90 bits per heavy atom. The largest absolute Gasteiger partial charge is 0.410 e. The van der Waals surface area contributed by atoms with Gasteiger partial charge in [0.15, 0.2) is 5.90 Å². The molecule has 0 aliphatic heterocycles. The summed E-state index contributed by atoms with van der Waals surface area (Å²) in [6, 6.07) is 1.25. The Morgan fingerprint density at radius 2 is 2.40 bits per heavy atom. The van der Waals surface area contributed by atoms with Crippen molar-refractivity contribution in [3.63, 3.8) is 0 Å². The molecule has 1 unspecified atom stereocenters. The highest BCUT2D eigenvalue weighted by molar-refractivity contribution is 5.89. The van der Waals surface area contributed by atoms with E-state index in [0.29, 0.717) is 0 Å². The molecule has 54 valence electrons. The van der Waals surface area contributed by atoms with Gasteiger partial charge in [-0.1, -0.05) is 0 Å². The van der Waals surface area contributed by atoms with Crippen molar-refractivity contribution < 1.29 is 14.6 Å². The van der Waals surface area contributed by atoms with Crippen LogP contribution in [0.1, 0.15) is 6.92 Å². The van der Waals surface area contributed by atoms with Crippen LogP contribution in [-0.2, 0) is 9.53 Å². The van der Waals surface area contributed by atoms with E-state index in [0.717, 1.165) is 0 Å². The maximum absolute atomic E-state index is 10.3. The Labute approximate surface area is 57.3 Å². The standard InChI is InChI=1S/C5H6N2O3/c1-3(7)10-5(9)4(8)2-6/h4,7-8H,1H3. The molecule has 0 saturated heterocycles. The molecule has 0 heterocycles. The van der Waals surface area contributed by atoms with Crippen molar-refractivity contribution in [2.45, 2.75) is 13.0 Å². The van der Waals surface area contributed by atoms with Crippen molar-refractivity contribution in [1.82, 2.24) is 0 Å². The predicted molar refractivity (Wildman–Crippen MR) is 31.1 cm³/mol. The summed E-state index contributed by atoms with van der Waals surface area (Å²) in [6.07, 6.45) is -1.79. The minimum Gasteiger partial charge on any atom is -0.410 e. The molecule has 0 aromatic heterocycles. The molecule has 0 aromatic rings. The molecule has 0 aliphatic rings. The molecule has 0 aromatic carbocycles. The number of hydrogen-bond acceptors (Lipinski definition) is 5. The topological polar surface area (TPSA) is 94.2 Å². The van der Waals surface area contributed by atoms with E-state index >= 15 is 0 Å². The molecule has 0 amide bonds. The number of nitrogens with zero attached hydrogens (tertiary/aromatic N) is 1. The zero-order valence-electron chi connectivity index (χ0n) is 5.29. The fourth-order valence-electron chi connectivity index (χ4n) is 0.259. The minimum atomic E-state index is -1.79. The number of carbonyl (C=O) groups excluding carboxylic acids is 1. The summed E-state index contributed by atoms with van der Waals surface area (Å²) in [5, 5.41) is 23.0. The number of esters is 1. The molecular weight excluding hydrogens is 136 g/mol. The van der Waals surface area contributed by atoms with Crippen LogP contribution in [0.4, 0.5) is 0 Å². The van der Waals surface area contributed by atoms with Crippen molar-refractivity contribution in [3.05, 3.63) is 0 Å². The first-order valence-electron chi connectivity index (χ1n) is 2.42. The molecule has 2 N–H and O–H groups in total. The van der Waals surface area contributed by atoms with Crippen LogP contribution in [0.25, 0.3) is 0 Å². The normalized spacial score (nSPS) is 11.3. The Hall–Kier alpha value is -1.41. The number of nitriles is 1. The van der Waals surface area contributed by atoms with E-state index in [4.69, 9.17) is 15.8 Å². The lowest BCUT2D eigenvalue weighted by molar-refractivity contribution is -0.142. The summed E-state index contributed by atoms with van der Waals surface area (Å²) < 4.78 is 4.07. The lowest BCUT2D eigenvalue weighted by atomic mass is 10.4. The molecular formula is C5H6N2O3. The van der Waals surface area contributed by atoms with Gasteiger partial charge < -0.3 is 9.84 Å². The first-order valence-corrected chi connectivity index (χ1v) is 2.42. The minimum absolute atomic E-state index is 0.348. The van der Waals surface area contributed by atoms with Gasteiger partial charge in [-0.25, -0.2) is 4.79 Å². The van der Waals surface area contributed by atoms with E-state index < -0.39 is 12.1 Å². The van der Waals surface area contributed by atoms with Gasteiger partial charge in [0.05, 0.1) is 0 Å². The molecule has 10 heavy (non-hydrogen) atoms. The number of aliphatic hydroxyl groups is 1. The summed E-state index contributed by atoms with van der Waals surface area (Å²) >= 11 is 0. The van der Waals surface area contributed by atoms with E-state index in [1.165, 1.54) is 13.0 Å². The van der Waals surface area contributed by atoms with Crippen molar-refractivity contribution >= 4 is 11.9 Å². The predicted octanol–water partition coefficient (Wildman–Crippen LogP) is -0.589. The highest BCUT2D eigenvalue weighted by Gasteiger charge is 2.15. The van der Waals surface area contributed by atoms with Crippen LogP contribution in [-0.4, -0.2) is 23.1 Å². The van der Waals surface area contributed by atoms with Crippen molar-refractivity contribution in [1.29, 1.82) is 10.7 Å². The van der Waals surface area contributed by atoms with Crippen LogP contribution in [0, 0.1) is 16.7 Å². The van der Waals surface area contributed by atoms with E-state index in [2.05, 4.69) is 4.74 Å². The summed E-state index contributed by atoms with van der Waals surface area (Å²) in [6.45, 7) is 1.22. The molecule has 0 saturated carbocycles. The number of nitrogens with one attached hydrogen (secondary N) is 1. The molecule has 0 rings (SSSR count). The van der Waals surface area contributed by atoms with E-state index in [1.54, 1.807) is 0 Å². The lowest BCUT2D eigenvalue weighted by Gasteiger charge is -1.99. The van der Waals surface area contributed by atoms with Crippen molar-refractivity contribution in [2.75, 3.05) is 0 Å². The molecule has 5 heteroatoms. The van der Waals surface area contributed by atoms with Gasteiger partial charge in [-0.15, -0.1) is 0 Å². The van der Waals surface area contributed by atoms with Gasteiger partial charge in [-0.3, -0.25) is 5.41 Å². The van der Waals surface area contributed by atoms with Gasteiger partial charge in [-0.2, -0.15) is 5.26 Å². The maximum Gasteiger partial charge on any atom is 0.356 e. The Morgan fingerprint density at radius 3 is 2.70 bits per heavy atom. The van der Waals surface area contributed by atoms with Crippen LogP contribution in [0.5, 0.6) is 0 Å². The third-order valence-electron chi connectivity index (χ3n) is 0.599. The first-order chi connectivity index (χ1) is 4.57. The fourth-order valence-corrected chi connectivity index (χ4v) is 0.259.